The largest absolute Gasteiger partial charge is 0.324 e. The molecular formula is C31H36F3N5O2. The molecule has 3 aliphatic rings. The highest BCUT2D eigenvalue weighted by molar-refractivity contribution is 5.77. The molecule has 7 nitrogen and oxygen atoms in total. The number of hydrogen-bond acceptors (Lipinski definition) is 4. The van der Waals surface area contributed by atoms with Crippen LogP contribution in [0.3, 0.4) is 0 Å². The Kier molecular flexibility index (Phi) is 7.52. The minimum Gasteiger partial charge on any atom is -0.324 e. The van der Waals surface area contributed by atoms with E-state index < -0.39 is 23.5 Å². The van der Waals surface area contributed by atoms with Crippen LogP contribution < -0.4 is 10.9 Å². The van der Waals surface area contributed by atoms with E-state index in [1.165, 1.54) is 24.3 Å². The molecule has 6 rings (SSSR count). The lowest BCUT2D eigenvalue weighted by Crippen LogP contribution is -2.57. The number of carbonyl (C=O) groups is 1. The summed E-state index contributed by atoms with van der Waals surface area (Å²) < 4.78 is 44.6. The molecule has 3 aromatic rings. The quantitative estimate of drug-likeness (QED) is 0.468. The van der Waals surface area contributed by atoms with Crippen molar-refractivity contribution >= 4 is 16.9 Å². The molecule has 1 saturated carbocycles. The van der Waals surface area contributed by atoms with E-state index in [4.69, 9.17) is 0 Å². The van der Waals surface area contributed by atoms with E-state index in [1.807, 2.05) is 11.9 Å². The minimum atomic E-state index is -0.565. The topological polar surface area (TPSA) is 70.5 Å². The van der Waals surface area contributed by atoms with Crippen molar-refractivity contribution in [1.29, 1.82) is 0 Å². The van der Waals surface area contributed by atoms with E-state index in [9.17, 15) is 22.8 Å². The van der Waals surface area contributed by atoms with Gasteiger partial charge in [0.05, 0.1) is 23.3 Å². The number of nitrogens with zero attached hydrogens (tertiary/aromatic N) is 4. The maximum absolute atomic E-state index is 14.9. The second-order valence-corrected chi connectivity index (χ2v) is 12.0. The van der Waals surface area contributed by atoms with Crippen molar-refractivity contribution < 1.29 is 18.0 Å². The zero-order chi connectivity index (χ0) is 28.7. The number of piperidine rings is 2. The standard InChI is InChI=1S/C31H36F3N5O2/c1-35-23-9-13-39(28(16-23)24-14-21(32)4-6-26(24)34)30(41)37-12-8-20(31(18-37)10-2-3-11-31)17-38-19-36-27-7-5-22(33)15-25(27)29(38)40/h4-7,14-15,19-20,23,28,35H,2-3,8-13,16-18H2,1H3/t20-,23?,28?/m0/s1. The van der Waals surface area contributed by atoms with Crippen LogP contribution in [0, 0.1) is 28.8 Å². The Bertz CT molecular complexity index is 1500. The minimum absolute atomic E-state index is 0.0981. The van der Waals surface area contributed by atoms with Crippen LogP contribution >= 0.6 is 0 Å². The highest BCUT2D eigenvalue weighted by Crippen LogP contribution is 2.49. The Balaban J connectivity index is 1.25. The van der Waals surface area contributed by atoms with Gasteiger partial charge in [-0.2, -0.15) is 0 Å². The van der Waals surface area contributed by atoms with Crippen molar-refractivity contribution in [3.8, 4) is 0 Å². The number of urea groups is 1. The van der Waals surface area contributed by atoms with Gasteiger partial charge in [-0.05, 0) is 86.9 Å². The lowest BCUT2D eigenvalue weighted by Gasteiger charge is -2.49. The summed E-state index contributed by atoms with van der Waals surface area (Å²) in [5.41, 5.74) is 0.277. The summed E-state index contributed by atoms with van der Waals surface area (Å²) in [5, 5.41) is 3.51. The van der Waals surface area contributed by atoms with Gasteiger partial charge in [-0.25, -0.2) is 22.9 Å². The first-order chi connectivity index (χ1) is 19.8. The summed E-state index contributed by atoms with van der Waals surface area (Å²) in [6.45, 7) is 1.99. The van der Waals surface area contributed by atoms with E-state index in [1.54, 1.807) is 15.8 Å². The molecule has 1 spiro atoms. The molecule has 0 radical (unpaired) electrons. The van der Waals surface area contributed by atoms with Crippen molar-refractivity contribution in [2.45, 2.75) is 63.6 Å². The second-order valence-electron chi connectivity index (χ2n) is 12.0. The van der Waals surface area contributed by atoms with Crippen LogP contribution in [-0.2, 0) is 6.54 Å². The van der Waals surface area contributed by atoms with Gasteiger partial charge >= 0.3 is 6.03 Å². The van der Waals surface area contributed by atoms with Gasteiger partial charge in [0.1, 0.15) is 17.5 Å². The molecule has 2 amide bonds. The van der Waals surface area contributed by atoms with E-state index in [-0.39, 0.29) is 39.9 Å². The number of rotatable bonds is 4. The molecular weight excluding hydrogens is 531 g/mol. The number of nitrogens with one attached hydrogen (secondary N) is 1. The maximum atomic E-state index is 14.9. The average molecular weight is 568 g/mol. The van der Waals surface area contributed by atoms with Gasteiger partial charge in [0.15, 0.2) is 0 Å². The Morgan fingerprint density at radius 2 is 1.80 bits per heavy atom. The number of hydrogen-bond donors (Lipinski definition) is 1. The number of carbonyl (C=O) groups excluding carboxylic acids is 1. The van der Waals surface area contributed by atoms with Crippen LogP contribution in [0.25, 0.3) is 10.9 Å². The molecule has 2 unspecified atom stereocenters. The normalized spacial score (nSPS) is 24.3. The van der Waals surface area contributed by atoms with Crippen LogP contribution in [0.15, 0.2) is 47.5 Å². The van der Waals surface area contributed by atoms with E-state index in [0.29, 0.717) is 44.5 Å². The van der Waals surface area contributed by atoms with Crippen molar-refractivity contribution in [3.63, 3.8) is 0 Å². The summed E-state index contributed by atoms with van der Waals surface area (Å²) in [5.74, 6) is -1.34. The average Bonchev–Trinajstić information content (AvgIpc) is 3.45. The van der Waals surface area contributed by atoms with Crippen molar-refractivity contribution in [2.75, 3.05) is 26.7 Å². The maximum Gasteiger partial charge on any atom is 0.320 e. The molecule has 3 atom stereocenters. The molecule has 2 saturated heterocycles. The molecule has 2 aliphatic heterocycles. The Morgan fingerprint density at radius 3 is 2.59 bits per heavy atom. The van der Waals surface area contributed by atoms with Crippen LogP contribution in [0.1, 0.15) is 56.6 Å². The third kappa shape index (κ3) is 5.22. The molecule has 0 bridgehead atoms. The van der Waals surface area contributed by atoms with Gasteiger partial charge in [-0.1, -0.05) is 12.8 Å². The van der Waals surface area contributed by atoms with E-state index in [2.05, 4.69) is 10.3 Å². The smallest absolute Gasteiger partial charge is 0.320 e. The van der Waals surface area contributed by atoms with Gasteiger partial charge in [0.2, 0.25) is 0 Å². The molecule has 3 heterocycles. The van der Waals surface area contributed by atoms with Crippen molar-refractivity contribution in [1.82, 2.24) is 24.7 Å². The predicted molar refractivity (Wildman–Crippen MR) is 150 cm³/mol. The fraction of sp³-hybridized carbons (Fsp3) is 0.516. The Hall–Kier alpha value is -3.40. The third-order valence-electron chi connectivity index (χ3n) is 9.77. The molecule has 3 fully saturated rings. The highest BCUT2D eigenvalue weighted by Gasteiger charge is 2.48. The van der Waals surface area contributed by atoms with Gasteiger partial charge in [-0.15, -0.1) is 0 Å². The number of aromatic nitrogens is 2. The lowest BCUT2D eigenvalue weighted by atomic mass is 9.69. The first kappa shape index (κ1) is 27.8. The van der Waals surface area contributed by atoms with E-state index in [0.717, 1.165) is 44.2 Å². The monoisotopic (exact) mass is 567 g/mol. The van der Waals surface area contributed by atoms with Crippen molar-refractivity contribution in [2.24, 2.45) is 11.3 Å². The highest BCUT2D eigenvalue weighted by atomic mass is 19.1. The second kappa shape index (κ2) is 11.1. The zero-order valence-electron chi connectivity index (χ0n) is 23.3. The number of halogens is 3. The molecule has 1 aromatic heterocycles. The molecule has 41 heavy (non-hydrogen) atoms. The molecule has 218 valence electrons. The zero-order valence-corrected chi connectivity index (χ0v) is 23.3. The fourth-order valence-electron chi connectivity index (χ4n) is 7.50. The summed E-state index contributed by atoms with van der Waals surface area (Å²) >= 11 is 0. The first-order valence-electron chi connectivity index (χ1n) is 14.6. The van der Waals surface area contributed by atoms with Crippen molar-refractivity contribution in [3.05, 3.63) is 76.1 Å². The lowest BCUT2D eigenvalue weighted by molar-refractivity contribution is 0.0206. The molecule has 10 heteroatoms. The van der Waals surface area contributed by atoms with Gasteiger partial charge in [-0.3, -0.25) is 9.36 Å². The predicted octanol–water partition coefficient (Wildman–Crippen LogP) is 5.24. The number of benzene rings is 2. The number of fused-ring (bicyclic) bond motifs is 1. The summed E-state index contributed by atoms with van der Waals surface area (Å²) in [4.78, 5) is 35.3. The SMILES string of the molecule is CNC1CCN(C(=O)N2CC[C@@H](Cn3cnc4ccc(F)cc4c3=O)C3(CCCC3)C2)C(c2cc(F)ccc2F)C1. The number of likely N-dealkylation sites (tertiary alicyclic amines) is 2. The van der Waals surface area contributed by atoms with Crippen LogP contribution in [0.4, 0.5) is 18.0 Å². The van der Waals surface area contributed by atoms with E-state index >= 15 is 0 Å². The summed E-state index contributed by atoms with van der Waals surface area (Å²) in [6, 6.07) is 6.89. The Labute approximate surface area is 237 Å². The van der Waals surface area contributed by atoms with Gasteiger partial charge in [0.25, 0.3) is 5.56 Å². The fourth-order valence-corrected chi connectivity index (χ4v) is 7.50. The molecule has 1 N–H and O–H groups in total. The van der Waals surface area contributed by atoms with Crippen LogP contribution in [-0.4, -0.2) is 58.1 Å². The first-order valence-corrected chi connectivity index (χ1v) is 14.6. The Morgan fingerprint density at radius 1 is 1.05 bits per heavy atom. The van der Waals surface area contributed by atoms with Gasteiger partial charge < -0.3 is 15.1 Å². The summed E-state index contributed by atoms with van der Waals surface area (Å²) in [7, 11) is 1.85. The third-order valence-corrected chi connectivity index (χ3v) is 9.77. The molecule has 1 aliphatic carbocycles. The summed E-state index contributed by atoms with van der Waals surface area (Å²) in [6.07, 6.45) is 7.51. The number of amides is 2. The van der Waals surface area contributed by atoms with Crippen LogP contribution in [0.5, 0.6) is 0 Å². The molecule has 2 aromatic carbocycles. The van der Waals surface area contributed by atoms with Crippen LogP contribution in [0.2, 0.25) is 0 Å². The van der Waals surface area contributed by atoms with Gasteiger partial charge in [0, 0.05) is 37.8 Å².